The molecule has 6 heteroatoms. The molecule has 0 unspecified atom stereocenters. The summed E-state index contributed by atoms with van der Waals surface area (Å²) in [5, 5.41) is 8.49. The zero-order chi connectivity index (χ0) is 12.3. The molecule has 1 aliphatic rings. The highest BCUT2D eigenvalue weighted by atomic mass is 32.1. The average molecular weight is 253 g/mol. The molecule has 0 saturated carbocycles. The molecule has 0 aliphatic carbocycles. The Balaban J connectivity index is 1.98. The minimum Gasteiger partial charge on any atom is -0.478 e. The van der Waals surface area contributed by atoms with Crippen molar-refractivity contribution in [3.63, 3.8) is 0 Å². The summed E-state index contributed by atoms with van der Waals surface area (Å²) >= 11 is 1.46. The smallest absolute Gasteiger partial charge is 0.410 e. The minimum atomic E-state index is -0.969. The van der Waals surface area contributed by atoms with Crippen LogP contribution in [0.25, 0.3) is 6.08 Å². The lowest BCUT2D eigenvalue weighted by Gasteiger charge is -2.09. The number of thiophene rings is 1. The summed E-state index contributed by atoms with van der Waals surface area (Å²) in [7, 11) is 0. The molecule has 0 spiro atoms. The van der Waals surface area contributed by atoms with Crippen LogP contribution < -0.4 is 0 Å². The third-order valence-corrected chi connectivity index (χ3v) is 3.30. The van der Waals surface area contributed by atoms with Gasteiger partial charge in [-0.25, -0.2) is 9.59 Å². The van der Waals surface area contributed by atoms with E-state index in [0.29, 0.717) is 19.7 Å². The number of hydrogen-bond acceptors (Lipinski definition) is 4. The molecule has 1 aromatic heterocycles. The van der Waals surface area contributed by atoms with E-state index in [-0.39, 0.29) is 6.09 Å². The molecule has 1 saturated heterocycles. The summed E-state index contributed by atoms with van der Waals surface area (Å²) in [6, 6.07) is 3.72. The molecule has 0 aromatic carbocycles. The van der Waals surface area contributed by atoms with Crippen LogP contribution in [0.4, 0.5) is 4.79 Å². The summed E-state index contributed by atoms with van der Waals surface area (Å²) in [4.78, 5) is 25.1. The van der Waals surface area contributed by atoms with Crippen molar-refractivity contribution in [1.29, 1.82) is 0 Å². The molecule has 0 bridgehead atoms. The molecule has 17 heavy (non-hydrogen) atoms. The lowest BCUT2D eigenvalue weighted by atomic mass is 10.4. The molecule has 1 amide bonds. The van der Waals surface area contributed by atoms with Gasteiger partial charge < -0.3 is 9.84 Å². The Kier molecular flexibility index (Phi) is 3.43. The molecule has 0 atom stereocenters. The number of amides is 1. The van der Waals surface area contributed by atoms with Crippen LogP contribution in [0.2, 0.25) is 0 Å². The third-order valence-electron chi connectivity index (χ3n) is 2.26. The Bertz CT molecular complexity index is 466. The molecule has 1 aromatic rings. The Morgan fingerprint density at radius 3 is 3.06 bits per heavy atom. The fourth-order valence-electron chi connectivity index (χ4n) is 1.48. The number of carbonyl (C=O) groups excluding carboxylic acids is 1. The molecule has 1 fully saturated rings. The highest BCUT2D eigenvalue weighted by Crippen LogP contribution is 2.20. The van der Waals surface area contributed by atoms with Gasteiger partial charge in [-0.1, -0.05) is 0 Å². The van der Waals surface area contributed by atoms with Crippen molar-refractivity contribution >= 4 is 29.5 Å². The van der Waals surface area contributed by atoms with E-state index in [1.54, 1.807) is 11.0 Å². The lowest BCUT2D eigenvalue weighted by Crippen LogP contribution is -2.22. The monoisotopic (exact) mass is 253 g/mol. The number of carboxylic acid groups (broad SMARTS) is 1. The van der Waals surface area contributed by atoms with Crippen LogP contribution in [0.5, 0.6) is 0 Å². The van der Waals surface area contributed by atoms with Crippen LogP contribution in [-0.2, 0) is 16.1 Å². The van der Waals surface area contributed by atoms with Crippen LogP contribution >= 0.6 is 11.3 Å². The number of carbonyl (C=O) groups is 2. The first-order chi connectivity index (χ1) is 8.15. The van der Waals surface area contributed by atoms with Crippen molar-refractivity contribution in [2.45, 2.75) is 6.54 Å². The van der Waals surface area contributed by atoms with Gasteiger partial charge in [0.1, 0.15) is 6.61 Å². The number of hydrogen-bond donors (Lipinski definition) is 1. The van der Waals surface area contributed by atoms with E-state index in [0.717, 1.165) is 15.8 Å². The summed E-state index contributed by atoms with van der Waals surface area (Å²) in [6.07, 6.45) is 2.35. The maximum Gasteiger partial charge on any atom is 0.410 e. The second kappa shape index (κ2) is 5.01. The molecule has 90 valence electrons. The molecule has 2 rings (SSSR count). The Morgan fingerprint density at radius 2 is 2.41 bits per heavy atom. The van der Waals surface area contributed by atoms with Crippen LogP contribution in [0, 0.1) is 0 Å². The normalized spacial score (nSPS) is 15.5. The van der Waals surface area contributed by atoms with E-state index >= 15 is 0 Å². The summed E-state index contributed by atoms with van der Waals surface area (Å²) < 4.78 is 4.82. The zero-order valence-electron chi connectivity index (χ0n) is 8.96. The van der Waals surface area contributed by atoms with Crippen molar-refractivity contribution < 1.29 is 19.4 Å². The first-order valence-electron chi connectivity index (χ1n) is 5.06. The Labute approximate surface area is 102 Å². The van der Waals surface area contributed by atoms with Gasteiger partial charge in [-0.3, -0.25) is 4.90 Å². The van der Waals surface area contributed by atoms with Crippen LogP contribution in [-0.4, -0.2) is 35.2 Å². The molecule has 1 N–H and O–H groups in total. The fraction of sp³-hybridized carbons (Fsp3) is 0.273. The number of nitrogens with zero attached hydrogens (tertiary/aromatic N) is 1. The van der Waals surface area contributed by atoms with Gasteiger partial charge in [0.2, 0.25) is 0 Å². The largest absolute Gasteiger partial charge is 0.478 e. The maximum absolute atomic E-state index is 11.2. The Morgan fingerprint density at radius 1 is 1.59 bits per heavy atom. The topological polar surface area (TPSA) is 66.8 Å². The molecule has 0 radical (unpaired) electrons. The predicted molar refractivity (Wildman–Crippen MR) is 62.7 cm³/mol. The van der Waals surface area contributed by atoms with Gasteiger partial charge in [0.25, 0.3) is 0 Å². The van der Waals surface area contributed by atoms with Crippen molar-refractivity contribution in [3.8, 4) is 0 Å². The van der Waals surface area contributed by atoms with Crippen molar-refractivity contribution in [3.05, 3.63) is 28.0 Å². The van der Waals surface area contributed by atoms with E-state index in [2.05, 4.69) is 0 Å². The quantitative estimate of drug-likeness (QED) is 0.831. The maximum atomic E-state index is 11.2. The van der Waals surface area contributed by atoms with Crippen molar-refractivity contribution in [2.75, 3.05) is 13.2 Å². The molecular formula is C11H11NO4S. The van der Waals surface area contributed by atoms with Crippen molar-refractivity contribution in [1.82, 2.24) is 4.90 Å². The van der Waals surface area contributed by atoms with Gasteiger partial charge in [-0.2, -0.15) is 0 Å². The molecule has 5 nitrogen and oxygen atoms in total. The van der Waals surface area contributed by atoms with E-state index in [4.69, 9.17) is 9.84 Å². The van der Waals surface area contributed by atoms with Gasteiger partial charge in [0, 0.05) is 15.8 Å². The van der Waals surface area contributed by atoms with Gasteiger partial charge >= 0.3 is 12.1 Å². The van der Waals surface area contributed by atoms with Crippen LogP contribution in [0.1, 0.15) is 9.75 Å². The molecule has 2 heterocycles. The van der Waals surface area contributed by atoms with Gasteiger partial charge in [-0.05, 0) is 18.2 Å². The first-order valence-corrected chi connectivity index (χ1v) is 5.88. The van der Waals surface area contributed by atoms with Gasteiger partial charge in [0.15, 0.2) is 0 Å². The Hall–Kier alpha value is -1.82. The summed E-state index contributed by atoms with van der Waals surface area (Å²) in [5.74, 6) is -0.969. The third kappa shape index (κ3) is 3.07. The number of ether oxygens (including phenoxy) is 1. The number of cyclic esters (lactones) is 1. The van der Waals surface area contributed by atoms with Gasteiger partial charge in [0.05, 0.1) is 13.1 Å². The van der Waals surface area contributed by atoms with E-state index in [1.165, 1.54) is 11.3 Å². The highest BCUT2D eigenvalue weighted by Gasteiger charge is 2.22. The average Bonchev–Trinajstić information content (AvgIpc) is 2.87. The lowest BCUT2D eigenvalue weighted by molar-refractivity contribution is -0.131. The summed E-state index contributed by atoms with van der Waals surface area (Å²) in [5.41, 5.74) is 0. The van der Waals surface area contributed by atoms with Gasteiger partial charge in [-0.15, -0.1) is 11.3 Å². The minimum absolute atomic E-state index is 0.291. The fourth-order valence-corrected chi connectivity index (χ4v) is 2.41. The highest BCUT2D eigenvalue weighted by molar-refractivity contribution is 7.12. The number of carboxylic acids is 1. The standard InChI is InChI=1S/C11H11NO4S/c13-10(14)4-3-8-1-2-9(17-8)7-12-5-6-16-11(12)15/h1-4H,5-7H2,(H,13,14). The molecular weight excluding hydrogens is 242 g/mol. The summed E-state index contributed by atoms with van der Waals surface area (Å²) in [6.45, 7) is 1.57. The first kappa shape index (κ1) is 11.7. The number of rotatable bonds is 4. The predicted octanol–water partition coefficient (Wildman–Crippen LogP) is 1.80. The van der Waals surface area contributed by atoms with E-state index in [9.17, 15) is 9.59 Å². The number of aliphatic carboxylic acids is 1. The van der Waals surface area contributed by atoms with Crippen molar-refractivity contribution in [2.24, 2.45) is 0 Å². The second-order valence-electron chi connectivity index (χ2n) is 3.51. The van der Waals surface area contributed by atoms with Crippen LogP contribution in [0.15, 0.2) is 18.2 Å². The SMILES string of the molecule is O=C(O)C=Cc1ccc(CN2CCOC2=O)s1. The van der Waals surface area contributed by atoms with E-state index < -0.39 is 5.97 Å². The van der Waals surface area contributed by atoms with E-state index in [1.807, 2.05) is 12.1 Å². The zero-order valence-corrected chi connectivity index (χ0v) is 9.77. The molecule has 1 aliphatic heterocycles. The second-order valence-corrected chi connectivity index (χ2v) is 4.71. The van der Waals surface area contributed by atoms with Crippen LogP contribution in [0.3, 0.4) is 0 Å².